The van der Waals surface area contributed by atoms with Crippen molar-refractivity contribution in [2.75, 3.05) is 17.6 Å². The normalized spacial score (nSPS) is 10.6. The highest BCUT2D eigenvalue weighted by atomic mass is 79.9. The molecule has 0 aliphatic heterocycles. The van der Waals surface area contributed by atoms with Gasteiger partial charge in [-0.25, -0.2) is 0 Å². The van der Waals surface area contributed by atoms with Gasteiger partial charge in [0.1, 0.15) is 5.82 Å². The fourth-order valence-corrected chi connectivity index (χ4v) is 3.73. The van der Waals surface area contributed by atoms with E-state index in [4.69, 9.17) is 0 Å². The lowest BCUT2D eigenvalue weighted by Gasteiger charge is -2.09. The van der Waals surface area contributed by atoms with Crippen molar-refractivity contribution in [2.24, 2.45) is 0 Å². The molecule has 0 aliphatic carbocycles. The molecule has 29 heavy (non-hydrogen) atoms. The third-order valence-corrected chi connectivity index (χ3v) is 5.67. The van der Waals surface area contributed by atoms with E-state index in [1.165, 1.54) is 11.8 Å². The molecule has 2 aromatic carbocycles. The number of hydrogen-bond acceptors (Lipinski definition) is 5. The van der Waals surface area contributed by atoms with E-state index in [1.54, 1.807) is 6.07 Å². The minimum absolute atomic E-state index is 0.101. The Kier molecular flexibility index (Phi) is 7.42. The first-order chi connectivity index (χ1) is 14.0. The Labute approximate surface area is 181 Å². The van der Waals surface area contributed by atoms with Crippen LogP contribution in [0.25, 0.3) is 0 Å². The van der Waals surface area contributed by atoms with Crippen LogP contribution in [-0.2, 0) is 16.1 Å². The average molecular weight is 474 g/mol. The molecule has 0 fully saturated rings. The lowest BCUT2D eigenvalue weighted by molar-refractivity contribution is -0.122. The highest BCUT2D eigenvalue weighted by molar-refractivity contribution is 9.10. The Balaban J connectivity index is 1.48. The molecule has 150 valence electrons. The van der Waals surface area contributed by atoms with Crippen molar-refractivity contribution >= 4 is 45.2 Å². The van der Waals surface area contributed by atoms with Gasteiger partial charge in [-0.3, -0.25) is 9.59 Å². The van der Waals surface area contributed by atoms with E-state index in [2.05, 4.69) is 36.8 Å². The van der Waals surface area contributed by atoms with Crippen LogP contribution >= 0.6 is 27.7 Å². The first-order valence-corrected chi connectivity index (χ1v) is 10.7. The summed E-state index contributed by atoms with van der Waals surface area (Å²) in [5.41, 5.74) is 1.79. The van der Waals surface area contributed by atoms with Crippen LogP contribution in [-0.4, -0.2) is 38.9 Å². The van der Waals surface area contributed by atoms with E-state index in [1.807, 2.05) is 60.0 Å². The number of anilines is 1. The summed E-state index contributed by atoms with van der Waals surface area (Å²) < 4.78 is 2.75. The van der Waals surface area contributed by atoms with E-state index in [0.29, 0.717) is 17.4 Å². The number of benzene rings is 2. The summed E-state index contributed by atoms with van der Waals surface area (Å²) in [5, 5.41) is 14.3. The number of aromatic nitrogens is 3. The molecule has 0 saturated heterocycles. The molecule has 0 bridgehead atoms. The molecule has 7 nitrogen and oxygen atoms in total. The van der Waals surface area contributed by atoms with Crippen LogP contribution in [0.5, 0.6) is 0 Å². The Morgan fingerprint density at radius 3 is 2.52 bits per heavy atom. The van der Waals surface area contributed by atoms with Gasteiger partial charge in [-0.1, -0.05) is 54.2 Å². The second-order valence-electron chi connectivity index (χ2n) is 6.19. The average Bonchev–Trinajstić information content (AvgIpc) is 3.07. The number of aryl methyl sites for hydroxylation is 1. The minimum Gasteiger partial charge on any atom is -0.346 e. The fourth-order valence-electron chi connectivity index (χ4n) is 2.53. The largest absolute Gasteiger partial charge is 0.346 e. The number of nitrogens with one attached hydrogen (secondary N) is 2. The predicted octanol–water partition coefficient (Wildman–Crippen LogP) is 3.24. The van der Waals surface area contributed by atoms with E-state index >= 15 is 0 Å². The molecule has 2 amide bonds. The van der Waals surface area contributed by atoms with Crippen molar-refractivity contribution in [3.05, 3.63) is 70.5 Å². The van der Waals surface area contributed by atoms with Gasteiger partial charge in [-0.05, 0) is 40.5 Å². The summed E-state index contributed by atoms with van der Waals surface area (Å²) in [6, 6.07) is 17.3. The highest BCUT2D eigenvalue weighted by Crippen LogP contribution is 2.21. The van der Waals surface area contributed by atoms with Crippen molar-refractivity contribution < 1.29 is 9.59 Å². The van der Waals surface area contributed by atoms with E-state index in [0.717, 1.165) is 15.9 Å². The summed E-state index contributed by atoms with van der Waals surface area (Å²) in [7, 11) is 0. The number of thioether (sulfide) groups is 1. The summed E-state index contributed by atoms with van der Waals surface area (Å²) in [5.74, 6) is 0.391. The Morgan fingerprint density at radius 1 is 1.03 bits per heavy atom. The molecular formula is C20H20BrN5O2S. The Bertz CT molecular complexity index is 994. The Hall–Kier alpha value is -2.65. The van der Waals surface area contributed by atoms with E-state index in [9.17, 15) is 9.59 Å². The molecule has 3 rings (SSSR count). The molecule has 2 N–H and O–H groups in total. The molecule has 0 saturated carbocycles. The van der Waals surface area contributed by atoms with Gasteiger partial charge >= 0.3 is 0 Å². The number of rotatable bonds is 8. The number of nitrogens with zero attached hydrogens (tertiary/aromatic N) is 3. The van der Waals surface area contributed by atoms with Gasteiger partial charge in [0.2, 0.25) is 11.8 Å². The second-order valence-corrected chi connectivity index (χ2v) is 7.99. The van der Waals surface area contributed by atoms with Crippen LogP contribution in [0.3, 0.4) is 0 Å². The molecular weight excluding hydrogens is 454 g/mol. The number of amides is 2. The number of carbonyl (C=O) groups is 2. The molecule has 9 heteroatoms. The highest BCUT2D eigenvalue weighted by Gasteiger charge is 2.13. The third-order valence-electron chi connectivity index (χ3n) is 4.01. The molecule has 0 radical (unpaired) electrons. The van der Waals surface area contributed by atoms with Crippen LogP contribution in [0.15, 0.2) is 64.2 Å². The van der Waals surface area contributed by atoms with Gasteiger partial charge < -0.3 is 15.2 Å². The molecule has 3 aromatic rings. The molecule has 0 aliphatic rings. The standard InChI is InChI=1S/C20H20BrN5O2S/c1-14-24-25-20(26(14)12-15-7-3-2-4-8-15)29-13-19(28)22-11-18(27)23-17-10-6-5-9-16(17)21/h2-10H,11-13H2,1H3,(H,22,28)(H,23,27). The summed E-state index contributed by atoms with van der Waals surface area (Å²) in [4.78, 5) is 24.2. The maximum Gasteiger partial charge on any atom is 0.243 e. The molecule has 1 aromatic heterocycles. The van der Waals surface area contributed by atoms with E-state index in [-0.39, 0.29) is 24.1 Å². The smallest absolute Gasteiger partial charge is 0.243 e. The summed E-state index contributed by atoms with van der Waals surface area (Å²) in [6.07, 6.45) is 0. The van der Waals surface area contributed by atoms with Crippen LogP contribution in [0.4, 0.5) is 5.69 Å². The number of hydrogen-bond donors (Lipinski definition) is 2. The van der Waals surface area contributed by atoms with Crippen molar-refractivity contribution in [1.82, 2.24) is 20.1 Å². The number of carbonyl (C=O) groups excluding carboxylic acids is 2. The zero-order valence-corrected chi connectivity index (χ0v) is 18.2. The number of para-hydroxylation sites is 1. The quantitative estimate of drug-likeness (QED) is 0.490. The lowest BCUT2D eigenvalue weighted by Crippen LogP contribution is -2.34. The monoisotopic (exact) mass is 473 g/mol. The van der Waals surface area contributed by atoms with Gasteiger partial charge in [0.05, 0.1) is 24.5 Å². The van der Waals surface area contributed by atoms with Gasteiger partial charge in [0.15, 0.2) is 5.16 Å². The SMILES string of the molecule is Cc1nnc(SCC(=O)NCC(=O)Nc2ccccc2Br)n1Cc1ccccc1. The fraction of sp³-hybridized carbons (Fsp3) is 0.200. The van der Waals surface area contributed by atoms with E-state index < -0.39 is 0 Å². The summed E-state index contributed by atoms with van der Waals surface area (Å²) in [6.45, 7) is 2.42. The van der Waals surface area contributed by atoms with Gasteiger partial charge in [0, 0.05) is 4.47 Å². The first kappa shape index (κ1) is 21.1. The lowest BCUT2D eigenvalue weighted by atomic mass is 10.2. The predicted molar refractivity (Wildman–Crippen MR) is 117 cm³/mol. The van der Waals surface area contributed by atoms with Gasteiger partial charge in [-0.2, -0.15) is 0 Å². The van der Waals surface area contributed by atoms with Crippen LogP contribution in [0.2, 0.25) is 0 Å². The summed E-state index contributed by atoms with van der Waals surface area (Å²) >= 11 is 4.66. The minimum atomic E-state index is -0.293. The molecule has 1 heterocycles. The zero-order chi connectivity index (χ0) is 20.6. The molecule has 0 unspecified atom stereocenters. The van der Waals surface area contributed by atoms with Gasteiger partial charge in [-0.15, -0.1) is 10.2 Å². The van der Waals surface area contributed by atoms with Crippen molar-refractivity contribution in [3.8, 4) is 0 Å². The second kappa shape index (κ2) is 10.2. The molecule has 0 atom stereocenters. The van der Waals surface area contributed by atoms with Gasteiger partial charge in [0.25, 0.3) is 0 Å². The maximum absolute atomic E-state index is 12.1. The first-order valence-electron chi connectivity index (χ1n) is 8.90. The maximum atomic E-state index is 12.1. The third kappa shape index (κ3) is 6.16. The number of halogens is 1. The van der Waals surface area contributed by atoms with Crippen LogP contribution in [0.1, 0.15) is 11.4 Å². The molecule has 0 spiro atoms. The Morgan fingerprint density at radius 2 is 1.76 bits per heavy atom. The van der Waals surface area contributed by atoms with Crippen LogP contribution < -0.4 is 10.6 Å². The van der Waals surface area contributed by atoms with Crippen LogP contribution in [0, 0.1) is 6.92 Å². The van der Waals surface area contributed by atoms with Crippen molar-refractivity contribution in [1.29, 1.82) is 0 Å². The van der Waals surface area contributed by atoms with Crippen molar-refractivity contribution in [3.63, 3.8) is 0 Å². The van der Waals surface area contributed by atoms with Crippen molar-refractivity contribution in [2.45, 2.75) is 18.6 Å². The zero-order valence-electron chi connectivity index (χ0n) is 15.8. The topological polar surface area (TPSA) is 88.9 Å².